The number of aliphatic imine (C=N–C) groups is 1. The first kappa shape index (κ1) is 22.2. The molecule has 2 aromatic carbocycles. The van der Waals surface area contributed by atoms with Crippen LogP contribution in [0.15, 0.2) is 65.9 Å². The third kappa shape index (κ3) is 6.25. The number of aromatic nitrogens is 2. The summed E-state index contributed by atoms with van der Waals surface area (Å²) in [6, 6.07) is 16.5. The maximum Gasteiger partial charge on any atom is 0.193 e. The second kappa shape index (κ2) is 11.1. The molecule has 0 aliphatic heterocycles. The predicted octanol–water partition coefficient (Wildman–Crippen LogP) is 3.20. The minimum absolute atomic E-state index is 0.709. The molecule has 0 atom stereocenters. The van der Waals surface area contributed by atoms with Crippen molar-refractivity contribution in [1.29, 1.82) is 0 Å². The lowest BCUT2D eigenvalue weighted by molar-refractivity contribution is 0.354. The maximum absolute atomic E-state index is 5.40. The van der Waals surface area contributed by atoms with Crippen molar-refractivity contribution in [3.05, 3.63) is 77.6 Å². The SMILES string of the molecule is CN=C(NCc1cccc(Cn2cccn2)c1)N(C)CCc1ccc(OC)c(OC)c1. The molecule has 31 heavy (non-hydrogen) atoms. The smallest absolute Gasteiger partial charge is 0.193 e. The van der Waals surface area contributed by atoms with E-state index >= 15 is 0 Å². The van der Waals surface area contributed by atoms with Gasteiger partial charge in [0.2, 0.25) is 0 Å². The summed E-state index contributed by atoms with van der Waals surface area (Å²) >= 11 is 0. The number of rotatable bonds is 9. The van der Waals surface area contributed by atoms with E-state index in [0.717, 1.165) is 37.0 Å². The van der Waals surface area contributed by atoms with Gasteiger partial charge in [-0.05, 0) is 41.3 Å². The van der Waals surface area contributed by atoms with Crippen molar-refractivity contribution in [2.24, 2.45) is 4.99 Å². The van der Waals surface area contributed by atoms with E-state index in [2.05, 4.69) is 50.6 Å². The lowest BCUT2D eigenvalue weighted by atomic mass is 10.1. The zero-order valence-electron chi connectivity index (χ0n) is 18.7. The molecule has 0 saturated heterocycles. The minimum Gasteiger partial charge on any atom is -0.493 e. The van der Waals surface area contributed by atoms with Crippen LogP contribution in [-0.4, -0.2) is 55.5 Å². The molecule has 1 heterocycles. The van der Waals surface area contributed by atoms with Crippen molar-refractivity contribution in [2.45, 2.75) is 19.5 Å². The number of hydrogen-bond acceptors (Lipinski definition) is 4. The number of nitrogens with one attached hydrogen (secondary N) is 1. The van der Waals surface area contributed by atoms with Crippen LogP contribution in [-0.2, 0) is 19.5 Å². The number of methoxy groups -OCH3 is 2. The Morgan fingerprint density at radius 1 is 1.03 bits per heavy atom. The molecule has 0 fully saturated rings. The van der Waals surface area contributed by atoms with Crippen molar-refractivity contribution in [2.75, 3.05) is 34.9 Å². The lowest BCUT2D eigenvalue weighted by Crippen LogP contribution is -2.39. The second-order valence-electron chi connectivity index (χ2n) is 7.29. The third-order valence-corrected chi connectivity index (χ3v) is 5.10. The molecular weight excluding hydrogens is 390 g/mol. The molecule has 0 bridgehead atoms. The Kier molecular flexibility index (Phi) is 7.92. The van der Waals surface area contributed by atoms with Crippen molar-refractivity contribution in [3.63, 3.8) is 0 Å². The fourth-order valence-corrected chi connectivity index (χ4v) is 3.42. The van der Waals surface area contributed by atoms with Crippen LogP contribution in [0.1, 0.15) is 16.7 Å². The summed E-state index contributed by atoms with van der Waals surface area (Å²) in [5.41, 5.74) is 3.62. The van der Waals surface area contributed by atoms with Gasteiger partial charge in [0.1, 0.15) is 0 Å². The number of hydrogen-bond donors (Lipinski definition) is 1. The van der Waals surface area contributed by atoms with E-state index in [-0.39, 0.29) is 0 Å². The molecule has 1 N–H and O–H groups in total. The average molecular weight is 422 g/mol. The first-order chi connectivity index (χ1) is 15.1. The molecular formula is C24H31N5O2. The number of benzene rings is 2. The number of ether oxygens (including phenoxy) is 2. The van der Waals surface area contributed by atoms with E-state index < -0.39 is 0 Å². The molecule has 3 rings (SSSR count). The normalized spacial score (nSPS) is 11.3. The average Bonchev–Trinajstić information content (AvgIpc) is 3.31. The van der Waals surface area contributed by atoms with Crippen LogP contribution in [0.5, 0.6) is 11.5 Å². The molecule has 164 valence electrons. The summed E-state index contributed by atoms with van der Waals surface area (Å²) in [7, 11) is 7.16. The summed E-state index contributed by atoms with van der Waals surface area (Å²) in [6.45, 7) is 2.30. The van der Waals surface area contributed by atoms with Gasteiger partial charge in [-0.25, -0.2) is 0 Å². The molecule has 0 saturated carbocycles. The zero-order valence-corrected chi connectivity index (χ0v) is 18.7. The van der Waals surface area contributed by atoms with E-state index in [4.69, 9.17) is 9.47 Å². The number of guanidine groups is 1. The Hall–Kier alpha value is -3.48. The van der Waals surface area contributed by atoms with Gasteiger partial charge in [0.15, 0.2) is 17.5 Å². The van der Waals surface area contributed by atoms with Crippen LogP contribution in [0.2, 0.25) is 0 Å². The van der Waals surface area contributed by atoms with Gasteiger partial charge >= 0.3 is 0 Å². The van der Waals surface area contributed by atoms with Crippen molar-refractivity contribution < 1.29 is 9.47 Å². The van der Waals surface area contributed by atoms with Gasteiger partial charge in [0.25, 0.3) is 0 Å². The highest BCUT2D eigenvalue weighted by Gasteiger charge is 2.09. The molecule has 7 heteroatoms. The van der Waals surface area contributed by atoms with Crippen LogP contribution in [0.4, 0.5) is 0 Å². The van der Waals surface area contributed by atoms with Gasteiger partial charge in [-0.15, -0.1) is 0 Å². The zero-order chi connectivity index (χ0) is 22.1. The summed E-state index contributed by atoms with van der Waals surface area (Å²) in [6.07, 6.45) is 4.64. The monoisotopic (exact) mass is 421 g/mol. The van der Waals surface area contributed by atoms with E-state index in [0.29, 0.717) is 6.54 Å². The van der Waals surface area contributed by atoms with Gasteiger partial charge in [-0.3, -0.25) is 9.67 Å². The molecule has 1 aromatic heterocycles. The molecule has 0 aliphatic carbocycles. The summed E-state index contributed by atoms with van der Waals surface area (Å²) in [5, 5.41) is 7.74. The van der Waals surface area contributed by atoms with Gasteiger partial charge in [-0.1, -0.05) is 30.3 Å². The van der Waals surface area contributed by atoms with Crippen molar-refractivity contribution >= 4 is 5.96 Å². The molecule has 0 aliphatic rings. The highest BCUT2D eigenvalue weighted by molar-refractivity contribution is 5.79. The number of likely N-dealkylation sites (N-methyl/N-ethyl adjacent to an activating group) is 1. The van der Waals surface area contributed by atoms with Gasteiger partial charge in [-0.2, -0.15) is 5.10 Å². The molecule has 0 spiro atoms. The highest BCUT2D eigenvalue weighted by Crippen LogP contribution is 2.27. The van der Waals surface area contributed by atoms with E-state index in [1.165, 1.54) is 16.7 Å². The first-order valence-electron chi connectivity index (χ1n) is 10.3. The Labute approximate surface area is 184 Å². The van der Waals surface area contributed by atoms with Crippen LogP contribution < -0.4 is 14.8 Å². The Morgan fingerprint density at radius 3 is 2.55 bits per heavy atom. The molecule has 7 nitrogen and oxygen atoms in total. The Balaban J connectivity index is 1.54. The highest BCUT2D eigenvalue weighted by atomic mass is 16.5. The van der Waals surface area contributed by atoms with E-state index in [1.807, 2.05) is 43.2 Å². The predicted molar refractivity (Wildman–Crippen MR) is 124 cm³/mol. The fourth-order valence-electron chi connectivity index (χ4n) is 3.42. The van der Waals surface area contributed by atoms with Crippen LogP contribution >= 0.6 is 0 Å². The van der Waals surface area contributed by atoms with Crippen LogP contribution in [0, 0.1) is 0 Å². The van der Waals surface area contributed by atoms with E-state index in [9.17, 15) is 0 Å². The van der Waals surface area contributed by atoms with E-state index in [1.54, 1.807) is 20.4 Å². The minimum atomic E-state index is 0.709. The van der Waals surface area contributed by atoms with Crippen LogP contribution in [0.25, 0.3) is 0 Å². The largest absolute Gasteiger partial charge is 0.493 e. The lowest BCUT2D eigenvalue weighted by Gasteiger charge is -2.22. The third-order valence-electron chi connectivity index (χ3n) is 5.10. The Bertz CT molecular complexity index is 985. The van der Waals surface area contributed by atoms with Crippen LogP contribution in [0.3, 0.4) is 0 Å². The summed E-state index contributed by atoms with van der Waals surface area (Å²) in [5.74, 6) is 2.35. The molecule has 0 radical (unpaired) electrons. The van der Waals surface area contributed by atoms with Gasteiger partial charge in [0, 0.05) is 39.6 Å². The summed E-state index contributed by atoms with van der Waals surface area (Å²) < 4.78 is 12.6. The molecule has 0 amide bonds. The Morgan fingerprint density at radius 2 is 1.84 bits per heavy atom. The van der Waals surface area contributed by atoms with Gasteiger partial charge in [0.05, 0.1) is 20.8 Å². The number of nitrogens with zero attached hydrogens (tertiary/aromatic N) is 4. The maximum atomic E-state index is 5.40. The topological polar surface area (TPSA) is 63.9 Å². The van der Waals surface area contributed by atoms with Crippen molar-refractivity contribution in [3.8, 4) is 11.5 Å². The first-order valence-corrected chi connectivity index (χ1v) is 10.3. The summed E-state index contributed by atoms with van der Waals surface area (Å²) in [4.78, 5) is 6.56. The molecule has 3 aromatic rings. The second-order valence-corrected chi connectivity index (χ2v) is 7.29. The van der Waals surface area contributed by atoms with Gasteiger partial charge < -0.3 is 19.7 Å². The molecule has 0 unspecified atom stereocenters. The fraction of sp³-hybridized carbons (Fsp3) is 0.333. The standard InChI is InChI=1S/C24H31N5O2/c1-25-24(28(2)14-11-19-9-10-22(30-3)23(16-19)31-4)26-17-20-7-5-8-21(15-20)18-29-13-6-12-27-29/h5-10,12-13,15-16H,11,14,17-18H2,1-4H3,(H,25,26). The quantitative estimate of drug-likeness (QED) is 0.425. The van der Waals surface area contributed by atoms with Crippen molar-refractivity contribution in [1.82, 2.24) is 20.0 Å².